The predicted octanol–water partition coefficient (Wildman–Crippen LogP) is 3.22. The summed E-state index contributed by atoms with van der Waals surface area (Å²) in [4.78, 5) is 0. The van der Waals surface area contributed by atoms with Gasteiger partial charge in [0.05, 0.1) is 0 Å². The number of hydrazine groups is 1. The van der Waals surface area contributed by atoms with E-state index in [9.17, 15) is 4.39 Å². The summed E-state index contributed by atoms with van der Waals surface area (Å²) in [6, 6.07) is 5.52. The van der Waals surface area contributed by atoms with Crippen LogP contribution in [0, 0.1) is 18.7 Å². The van der Waals surface area contributed by atoms with Gasteiger partial charge in [-0.3, -0.25) is 11.3 Å². The highest BCUT2D eigenvalue weighted by Gasteiger charge is 2.24. The fraction of sp³-hybridized carbons (Fsp3) is 0.571. The molecule has 1 atom stereocenters. The second kappa shape index (κ2) is 5.61. The van der Waals surface area contributed by atoms with Crippen molar-refractivity contribution in [3.8, 4) is 0 Å². The predicted molar refractivity (Wildman–Crippen MR) is 67.8 cm³/mol. The molecule has 2 rings (SSSR count). The summed E-state index contributed by atoms with van der Waals surface area (Å²) < 4.78 is 13.6. The molecule has 0 saturated heterocycles. The van der Waals surface area contributed by atoms with E-state index < -0.39 is 0 Å². The van der Waals surface area contributed by atoms with Crippen molar-refractivity contribution in [1.29, 1.82) is 0 Å². The first-order valence-electron chi connectivity index (χ1n) is 6.44. The number of rotatable bonds is 3. The van der Waals surface area contributed by atoms with Crippen molar-refractivity contribution in [3.63, 3.8) is 0 Å². The van der Waals surface area contributed by atoms with Crippen molar-refractivity contribution in [3.05, 3.63) is 35.1 Å². The molecule has 0 aliphatic heterocycles. The van der Waals surface area contributed by atoms with Crippen LogP contribution in [0.4, 0.5) is 4.39 Å². The summed E-state index contributed by atoms with van der Waals surface area (Å²) in [5.41, 5.74) is 4.53. The molecule has 17 heavy (non-hydrogen) atoms. The summed E-state index contributed by atoms with van der Waals surface area (Å²) in [5, 5.41) is 0. The first kappa shape index (κ1) is 12.5. The number of hydrogen-bond acceptors (Lipinski definition) is 2. The molecule has 0 radical (unpaired) electrons. The van der Waals surface area contributed by atoms with Gasteiger partial charge in [0.1, 0.15) is 5.82 Å². The van der Waals surface area contributed by atoms with Crippen LogP contribution in [0.15, 0.2) is 18.2 Å². The molecule has 0 amide bonds. The molecule has 3 heteroatoms. The van der Waals surface area contributed by atoms with E-state index in [0.29, 0.717) is 11.5 Å². The number of nitrogens with two attached hydrogens (primary N) is 1. The molecular weight excluding hydrogens is 215 g/mol. The maximum atomic E-state index is 13.6. The van der Waals surface area contributed by atoms with Crippen molar-refractivity contribution in [2.45, 2.75) is 45.1 Å². The van der Waals surface area contributed by atoms with Gasteiger partial charge in [0.25, 0.3) is 0 Å². The average Bonchev–Trinajstić information content (AvgIpc) is 2.36. The molecule has 1 unspecified atom stereocenters. The summed E-state index contributed by atoms with van der Waals surface area (Å²) in [5.74, 6) is 6.05. The Kier molecular flexibility index (Phi) is 4.13. The number of halogens is 1. The van der Waals surface area contributed by atoms with Crippen molar-refractivity contribution in [1.82, 2.24) is 5.43 Å². The quantitative estimate of drug-likeness (QED) is 0.624. The molecule has 94 valence electrons. The van der Waals surface area contributed by atoms with Gasteiger partial charge < -0.3 is 0 Å². The maximum Gasteiger partial charge on any atom is 0.126 e. The highest BCUT2D eigenvalue weighted by molar-refractivity contribution is 5.26. The largest absolute Gasteiger partial charge is 0.271 e. The third-order valence-corrected chi connectivity index (χ3v) is 3.86. The maximum absolute atomic E-state index is 13.6. The number of nitrogens with one attached hydrogen (secondary N) is 1. The Labute approximate surface area is 102 Å². The number of hydrogen-bond donors (Lipinski definition) is 2. The van der Waals surface area contributed by atoms with E-state index in [4.69, 9.17) is 5.84 Å². The lowest BCUT2D eigenvalue weighted by atomic mass is 9.81. The molecule has 0 heterocycles. The molecular formula is C14H21FN2. The molecule has 2 nitrogen and oxygen atoms in total. The molecule has 1 aliphatic carbocycles. The minimum Gasteiger partial charge on any atom is -0.271 e. The minimum atomic E-state index is -0.140. The monoisotopic (exact) mass is 236 g/mol. The highest BCUT2D eigenvalue weighted by Crippen LogP contribution is 2.34. The second-order valence-electron chi connectivity index (χ2n) is 5.05. The lowest BCUT2D eigenvalue weighted by Gasteiger charge is -2.30. The topological polar surface area (TPSA) is 38.0 Å². The van der Waals surface area contributed by atoms with Gasteiger partial charge in [-0.2, -0.15) is 0 Å². The Balaban J connectivity index is 2.18. The van der Waals surface area contributed by atoms with E-state index in [2.05, 4.69) is 5.43 Å². The molecule has 1 fully saturated rings. The SMILES string of the molecule is Cc1ccc(C(NN)C2CCCCC2)cc1F. The first-order chi connectivity index (χ1) is 8.22. The van der Waals surface area contributed by atoms with Gasteiger partial charge in [0.2, 0.25) is 0 Å². The van der Waals surface area contributed by atoms with Gasteiger partial charge in [-0.1, -0.05) is 31.4 Å². The van der Waals surface area contributed by atoms with Crippen LogP contribution >= 0.6 is 0 Å². The van der Waals surface area contributed by atoms with E-state index in [-0.39, 0.29) is 11.9 Å². The van der Waals surface area contributed by atoms with E-state index in [1.54, 1.807) is 13.0 Å². The van der Waals surface area contributed by atoms with Gasteiger partial charge in [-0.15, -0.1) is 0 Å². The molecule has 3 N–H and O–H groups in total. The molecule has 1 aliphatic rings. The van der Waals surface area contributed by atoms with Crippen molar-refractivity contribution >= 4 is 0 Å². The van der Waals surface area contributed by atoms with Crippen LogP contribution in [-0.4, -0.2) is 0 Å². The van der Waals surface area contributed by atoms with E-state index >= 15 is 0 Å². The average molecular weight is 236 g/mol. The molecule has 1 aromatic carbocycles. The zero-order valence-electron chi connectivity index (χ0n) is 10.4. The van der Waals surface area contributed by atoms with Gasteiger partial charge in [0.15, 0.2) is 0 Å². The normalized spacial score (nSPS) is 19.2. The highest BCUT2D eigenvalue weighted by atomic mass is 19.1. The van der Waals surface area contributed by atoms with Gasteiger partial charge in [-0.25, -0.2) is 4.39 Å². The fourth-order valence-electron chi connectivity index (χ4n) is 2.77. The Morgan fingerprint density at radius 3 is 2.59 bits per heavy atom. The van der Waals surface area contributed by atoms with Crippen LogP contribution in [0.3, 0.4) is 0 Å². The Morgan fingerprint density at radius 1 is 1.29 bits per heavy atom. The molecule has 0 aromatic heterocycles. The van der Waals surface area contributed by atoms with Crippen molar-refractivity contribution in [2.75, 3.05) is 0 Å². The van der Waals surface area contributed by atoms with E-state index in [0.717, 1.165) is 5.56 Å². The van der Waals surface area contributed by atoms with Crippen molar-refractivity contribution in [2.24, 2.45) is 11.8 Å². The summed E-state index contributed by atoms with van der Waals surface area (Å²) in [6.45, 7) is 1.78. The van der Waals surface area contributed by atoms with Gasteiger partial charge in [-0.05, 0) is 42.9 Å². The Hall–Kier alpha value is -0.930. The van der Waals surface area contributed by atoms with Crippen LogP contribution < -0.4 is 11.3 Å². The van der Waals surface area contributed by atoms with Crippen LogP contribution in [0.2, 0.25) is 0 Å². The van der Waals surface area contributed by atoms with Gasteiger partial charge >= 0.3 is 0 Å². The summed E-state index contributed by atoms with van der Waals surface area (Å²) >= 11 is 0. The lowest BCUT2D eigenvalue weighted by Crippen LogP contribution is -2.34. The van der Waals surface area contributed by atoms with Crippen LogP contribution in [-0.2, 0) is 0 Å². The van der Waals surface area contributed by atoms with Gasteiger partial charge in [0, 0.05) is 6.04 Å². The minimum absolute atomic E-state index is 0.0883. The fourth-order valence-corrected chi connectivity index (χ4v) is 2.77. The lowest BCUT2D eigenvalue weighted by molar-refractivity contribution is 0.273. The van der Waals surface area contributed by atoms with Crippen LogP contribution in [0.5, 0.6) is 0 Å². The second-order valence-corrected chi connectivity index (χ2v) is 5.05. The molecule has 1 saturated carbocycles. The number of aryl methyl sites for hydroxylation is 1. The smallest absolute Gasteiger partial charge is 0.126 e. The van der Waals surface area contributed by atoms with E-state index in [1.165, 1.54) is 32.1 Å². The third-order valence-electron chi connectivity index (χ3n) is 3.86. The third kappa shape index (κ3) is 2.85. The molecule has 0 bridgehead atoms. The zero-order valence-corrected chi connectivity index (χ0v) is 10.4. The Morgan fingerprint density at radius 2 is 2.00 bits per heavy atom. The molecule has 0 spiro atoms. The molecule has 1 aromatic rings. The Bertz CT molecular complexity index is 372. The van der Waals surface area contributed by atoms with Crippen LogP contribution in [0.1, 0.15) is 49.3 Å². The summed E-state index contributed by atoms with van der Waals surface area (Å²) in [7, 11) is 0. The summed E-state index contributed by atoms with van der Waals surface area (Å²) in [6.07, 6.45) is 6.21. The van der Waals surface area contributed by atoms with E-state index in [1.807, 2.05) is 12.1 Å². The standard InChI is InChI=1S/C14H21FN2/c1-10-7-8-12(9-13(10)15)14(17-16)11-5-3-2-4-6-11/h7-9,11,14,17H,2-6,16H2,1H3. The van der Waals surface area contributed by atoms with Crippen LogP contribution in [0.25, 0.3) is 0 Å². The number of benzene rings is 1. The van der Waals surface area contributed by atoms with Crippen molar-refractivity contribution < 1.29 is 4.39 Å². The zero-order chi connectivity index (χ0) is 12.3. The first-order valence-corrected chi connectivity index (χ1v) is 6.44.